The van der Waals surface area contributed by atoms with E-state index in [1.807, 2.05) is 58.0 Å². The Bertz CT molecular complexity index is 1290. The molecule has 162 valence electrons. The predicted octanol–water partition coefficient (Wildman–Crippen LogP) is 5.60. The molecule has 3 aromatic carbocycles. The number of halogens is 2. The normalized spacial score (nSPS) is 13.9. The number of hydrogen-bond donors (Lipinski definition) is 1. The van der Waals surface area contributed by atoms with Crippen LogP contribution in [0.15, 0.2) is 60.3 Å². The van der Waals surface area contributed by atoms with E-state index in [-0.39, 0.29) is 17.0 Å². The number of carbonyl (C=O) groups is 2. The zero-order chi connectivity index (χ0) is 23.2. The van der Waals surface area contributed by atoms with Crippen LogP contribution in [0.25, 0.3) is 5.57 Å². The number of benzene rings is 3. The lowest BCUT2D eigenvalue weighted by Gasteiger charge is -2.16. The zero-order valence-electron chi connectivity index (χ0n) is 18.2. The molecule has 0 saturated heterocycles. The number of nitrogens with one attached hydrogen (secondary N) is 1. The Morgan fingerprint density at radius 3 is 2.03 bits per heavy atom. The SMILES string of the molecule is Cc1cc(C)cc(NC2=C(c3ccc(C)cc3C)C(=O)N(c3ccc(F)c(F)c3)C2=O)c1. The molecular weight excluding hydrogens is 410 g/mol. The first-order valence-corrected chi connectivity index (χ1v) is 10.2. The third kappa shape index (κ3) is 3.80. The zero-order valence-corrected chi connectivity index (χ0v) is 18.2. The lowest BCUT2D eigenvalue weighted by Crippen LogP contribution is -2.32. The second-order valence-electron chi connectivity index (χ2n) is 8.11. The summed E-state index contributed by atoms with van der Waals surface area (Å²) >= 11 is 0. The summed E-state index contributed by atoms with van der Waals surface area (Å²) in [6.07, 6.45) is 0. The molecule has 0 spiro atoms. The van der Waals surface area contributed by atoms with Crippen molar-refractivity contribution in [1.29, 1.82) is 0 Å². The Balaban J connectivity index is 1.88. The third-order valence-corrected chi connectivity index (χ3v) is 5.39. The van der Waals surface area contributed by atoms with Gasteiger partial charge in [-0.3, -0.25) is 9.59 Å². The van der Waals surface area contributed by atoms with Crippen molar-refractivity contribution in [1.82, 2.24) is 0 Å². The number of aryl methyl sites for hydroxylation is 4. The molecule has 0 saturated carbocycles. The smallest absolute Gasteiger partial charge is 0.282 e. The van der Waals surface area contributed by atoms with Crippen LogP contribution in [0.3, 0.4) is 0 Å². The van der Waals surface area contributed by atoms with Gasteiger partial charge in [0.15, 0.2) is 11.6 Å². The molecular formula is C26H22F2N2O2. The molecule has 1 aliphatic rings. The first kappa shape index (κ1) is 21.4. The summed E-state index contributed by atoms with van der Waals surface area (Å²) in [5.41, 5.74) is 5.36. The van der Waals surface area contributed by atoms with Gasteiger partial charge >= 0.3 is 0 Å². The largest absolute Gasteiger partial charge is 0.350 e. The summed E-state index contributed by atoms with van der Waals surface area (Å²) < 4.78 is 27.4. The van der Waals surface area contributed by atoms with Crippen LogP contribution in [-0.4, -0.2) is 11.8 Å². The van der Waals surface area contributed by atoms with Gasteiger partial charge in [-0.15, -0.1) is 0 Å². The van der Waals surface area contributed by atoms with Gasteiger partial charge < -0.3 is 5.32 Å². The van der Waals surface area contributed by atoms with Crippen LogP contribution < -0.4 is 10.2 Å². The van der Waals surface area contributed by atoms with Crippen molar-refractivity contribution in [3.05, 3.63) is 99.7 Å². The van der Waals surface area contributed by atoms with E-state index < -0.39 is 23.4 Å². The van der Waals surface area contributed by atoms with Crippen molar-refractivity contribution in [2.45, 2.75) is 27.7 Å². The number of hydrogen-bond acceptors (Lipinski definition) is 3. The summed E-state index contributed by atoms with van der Waals surface area (Å²) in [4.78, 5) is 27.8. The summed E-state index contributed by atoms with van der Waals surface area (Å²) in [5, 5.41) is 3.12. The molecule has 1 heterocycles. The minimum atomic E-state index is -1.13. The fourth-order valence-electron chi connectivity index (χ4n) is 4.04. The molecule has 6 heteroatoms. The molecule has 0 aliphatic carbocycles. The first-order valence-electron chi connectivity index (χ1n) is 10.2. The van der Waals surface area contributed by atoms with Gasteiger partial charge in [-0.1, -0.05) is 29.8 Å². The van der Waals surface area contributed by atoms with E-state index in [4.69, 9.17) is 0 Å². The van der Waals surface area contributed by atoms with Crippen molar-refractivity contribution in [3.63, 3.8) is 0 Å². The Kier molecular flexibility index (Phi) is 5.38. The maximum absolute atomic E-state index is 13.9. The summed E-state index contributed by atoms with van der Waals surface area (Å²) in [6, 6.07) is 14.3. The fraction of sp³-hybridized carbons (Fsp3) is 0.154. The van der Waals surface area contributed by atoms with Crippen molar-refractivity contribution >= 4 is 28.8 Å². The van der Waals surface area contributed by atoms with Crippen LogP contribution in [0.1, 0.15) is 27.8 Å². The Hall–Kier alpha value is -3.80. The summed E-state index contributed by atoms with van der Waals surface area (Å²) in [7, 11) is 0. The topological polar surface area (TPSA) is 49.4 Å². The highest BCUT2D eigenvalue weighted by Crippen LogP contribution is 2.35. The lowest BCUT2D eigenvalue weighted by atomic mass is 9.97. The highest BCUT2D eigenvalue weighted by molar-refractivity contribution is 6.46. The van der Waals surface area contributed by atoms with Gasteiger partial charge in [0, 0.05) is 11.8 Å². The van der Waals surface area contributed by atoms with Crippen LogP contribution in [-0.2, 0) is 9.59 Å². The number of amides is 2. The number of carbonyl (C=O) groups excluding carboxylic acids is 2. The minimum Gasteiger partial charge on any atom is -0.350 e. The van der Waals surface area contributed by atoms with Crippen LogP contribution in [0.5, 0.6) is 0 Å². The number of rotatable bonds is 4. The fourth-order valence-corrected chi connectivity index (χ4v) is 4.04. The summed E-state index contributed by atoms with van der Waals surface area (Å²) in [6.45, 7) is 7.68. The molecule has 0 fully saturated rings. The minimum absolute atomic E-state index is 0.0293. The van der Waals surface area contributed by atoms with Gasteiger partial charge in [-0.25, -0.2) is 13.7 Å². The number of imide groups is 1. The lowest BCUT2D eigenvalue weighted by molar-refractivity contribution is -0.120. The summed E-state index contributed by atoms with van der Waals surface area (Å²) in [5.74, 6) is -3.41. The van der Waals surface area contributed by atoms with E-state index in [0.29, 0.717) is 11.3 Å². The Morgan fingerprint density at radius 2 is 1.41 bits per heavy atom. The van der Waals surface area contributed by atoms with Gasteiger partial charge in [0.1, 0.15) is 5.70 Å². The van der Waals surface area contributed by atoms with Gasteiger partial charge in [-0.05, 0) is 74.2 Å². The van der Waals surface area contributed by atoms with E-state index >= 15 is 0 Å². The quantitative estimate of drug-likeness (QED) is 0.547. The highest BCUT2D eigenvalue weighted by Gasteiger charge is 2.41. The Morgan fingerprint density at radius 1 is 0.719 bits per heavy atom. The van der Waals surface area contributed by atoms with Gasteiger partial charge in [-0.2, -0.15) is 0 Å². The molecule has 4 nitrogen and oxygen atoms in total. The second-order valence-corrected chi connectivity index (χ2v) is 8.11. The Labute approximate surface area is 185 Å². The average molecular weight is 432 g/mol. The van der Waals surface area contributed by atoms with Crippen molar-refractivity contribution in [3.8, 4) is 0 Å². The average Bonchev–Trinajstić information content (AvgIpc) is 2.93. The second kappa shape index (κ2) is 8.04. The predicted molar refractivity (Wildman–Crippen MR) is 121 cm³/mol. The number of nitrogens with zero attached hydrogens (tertiary/aromatic N) is 1. The molecule has 0 unspecified atom stereocenters. The van der Waals surface area contributed by atoms with Gasteiger partial charge in [0.25, 0.3) is 11.8 Å². The molecule has 1 N–H and O–H groups in total. The third-order valence-electron chi connectivity index (χ3n) is 5.39. The molecule has 4 rings (SSSR count). The van der Waals surface area contributed by atoms with Crippen LogP contribution in [0.4, 0.5) is 20.2 Å². The maximum atomic E-state index is 13.9. The van der Waals surface area contributed by atoms with E-state index in [9.17, 15) is 18.4 Å². The van der Waals surface area contributed by atoms with Crippen molar-refractivity contribution in [2.24, 2.45) is 0 Å². The molecule has 1 aliphatic heterocycles. The molecule has 3 aromatic rings. The first-order chi connectivity index (χ1) is 15.2. The van der Waals surface area contributed by atoms with E-state index in [2.05, 4.69) is 5.32 Å². The van der Waals surface area contributed by atoms with Crippen molar-refractivity contribution < 1.29 is 18.4 Å². The van der Waals surface area contributed by atoms with Crippen LogP contribution in [0.2, 0.25) is 0 Å². The molecule has 0 bridgehead atoms. The molecule has 2 amide bonds. The van der Waals surface area contributed by atoms with Crippen LogP contribution in [0, 0.1) is 39.3 Å². The van der Waals surface area contributed by atoms with E-state index in [1.54, 1.807) is 6.07 Å². The monoisotopic (exact) mass is 432 g/mol. The van der Waals surface area contributed by atoms with Gasteiger partial charge in [0.05, 0.1) is 11.3 Å². The molecule has 0 aromatic heterocycles. The standard InChI is InChI=1S/C26H22F2N2O2/c1-14-5-7-20(17(4)10-14)23-24(29-18-11-15(2)9-16(3)12-18)26(32)30(25(23)31)19-6-8-21(27)22(28)13-19/h5-13,29H,1-4H3. The molecule has 32 heavy (non-hydrogen) atoms. The van der Waals surface area contributed by atoms with Crippen molar-refractivity contribution in [2.75, 3.05) is 10.2 Å². The maximum Gasteiger partial charge on any atom is 0.282 e. The highest BCUT2D eigenvalue weighted by atomic mass is 19.2. The van der Waals surface area contributed by atoms with E-state index in [1.165, 1.54) is 6.07 Å². The molecule has 0 radical (unpaired) electrons. The van der Waals surface area contributed by atoms with Gasteiger partial charge in [0.2, 0.25) is 0 Å². The van der Waals surface area contributed by atoms with E-state index in [0.717, 1.165) is 39.3 Å². The van der Waals surface area contributed by atoms with Crippen LogP contribution >= 0.6 is 0 Å². The number of anilines is 2. The molecule has 0 atom stereocenters.